The van der Waals surface area contributed by atoms with E-state index in [-0.39, 0.29) is 30.0 Å². The summed E-state index contributed by atoms with van der Waals surface area (Å²) in [4.78, 5) is 29.8. The van der Waals surface area contributed by atoms with Crippen molar-refractivity contribution in [2.45, 2.75) is 44.7 Å². The lowest BCUT2D eigenvalue weighted by molar-refractivity contribution is -0.139. The summed E-state index contributed by atoms with van der Waals surface area (Å²) in [5.74, 6) is 0.126. The van der Waals surface area contributed by atoms with Crippen LogP contribution >= 0.6 is 35.0 Å². The van der Waals surface area contributed by atoms with Gasteiger partial charge in [-0.25, -0.2) is 0 Å². The van der Waals surface area contributed by atoms with Crippen LogP contribution in [-0.2, 0) is 22.6 Å². The quantitative estimate of drug-likeness (QED) is 0.271. The van der Waals surface area contributed by atoms with Crippen LogP contribution < -0.4 is 5.32 Å². The summed E-state index contributed by atoms with van der Waals surface area (Å²) in [6, 6.07) is 22.3. The average Bonchev–Trinajstić information content (AvgIpc) is 2.86. The van der Waals surface area contributed by atoms with Gasteiger partial charge in [-0.2, -0.15) is 0 Å². The van der Waals surface area contributed by atoms with E-state index in [4.69, 9.17) is 23.2 Å². The Balaban J connectivity index is 1.94. The first-order chi connectivity index (χ1) is 17.2. The van der Waals surface area contributed by atoms with Crippen LogP contribution in [0.15, 0.2) is 77.7 Å². The normalized spacial score (nSPS) is 11.8. The van der Waals surface area contributed by atoms with Gasteiger partial charge in [-0.15, -0.1) is 11.8 Å². The molecule has 3 aromatic carbocycles. The molecule has 0 bridgehead atoms. The number of rotatable bonds is 11. The first-order valence-electron chi connectivity index (χ1n) is 12.0. The minimum Gasteiger partial charge on any atom is -0.354 e. The Morgan fingerprint density at radius 1 is 0.917 bits per heavy atom. The number of carbonyl (C=O) groups excluding carboxylic acids is 2. The van der Waals surface area contributed by atoms with Gasteiger partial charge in [-0.3, -0.25) is 9.59 Å². The van der Waals surface area contributed by atoms with Crippen molar-refractivity contribution in [3.8, 4) is 0 Å². The van der Waals surface area contributed by atoms with Gasteiger partial charge in [0.2, 0.25) is 11.8 Å². The van der Waals surface area contributed by atoms with Crippen LogP contribution in [0.5, 0.6) is 0 Å². The number of carbonyl (C=O) groups is 2. The molecule has 1 N–H and O–H groups in total. The van der Waals surface area contributed by atoms with E-state index in [1.807, 2.05) is 75.4 Å². The van der Waals surface area contributed by atoms with Crippen molar-refractivity contribution in [1.82, 2.24) is 10.2 Å². The maximum atomic E-state index is 13.7. The zero-order valence-electron chi connectivity index (χ0n) is 20.8. The average molecular weight is 544 g/mol. The molecule has 0 radical (unpaired) electrons. The summed E-state index contributed by atoms with van der Waals surface area (Å²) in [5, 5.41) is 3.96. The second-order valence-electron chi connectivity index (χ2n) is 9.17. The van der Waals surface area contributed by atoms with Crippen LogP contribution in [0, 0.1) is 12.8 Å². The molecule has 3 aromatic rings. The lowest BCUT2D eigenvalue weighted by Gasteiger charge is -2.32. The summed E-state index contributed by atoms with van der Waals surface area (Å²) < 4.78 is 0. The van der Waals surface area contributed by atoms with Crippen molar-refractivity contribution in [1.29, 1.82) is 0 Å². The van der Waals surface area contributed by atoms with E-state index in [2.05, 4.69) is 5.32 Å². The van der Waals surface area contributed by atoms with Crippen molar-refractivity contribution in [3.63, 3.8) is 0 Å². The fourth-order valence-electron chi connectivity index (χ4n) is 3.69. The highest BCUT2D eigenvalue weighted by Gasteiger charge is 2.31. The number of nitrogens with zero attached hydrogens (tertiary/aromatic N) is 1. The van der Waals surface area contributed by atoms with Gasteiger partial charge in [-0.05, 0) is 42.7 Å². The minimum absolute atomic E-state index is 0.137. The van der Waals surface area contributed by atoms with Crippen LogP contribution in [0.1, 0.15) is 30.5 Å². The predicted molar refractivity (Wildman–Crippen MR) is 151 cm³/mol. The molecule has 0 fully saturated rings. The van der Waals surface area contributed by atoms with E-state index in [9.17, 15) is 9.59 Å². The number of hydrogen-bond acceptors (Lipinski definition) is 3. The molecule has 1 unspecified atom stereocenters. The molecule has 2 amide bonds. The molecule has 7 heteroatoms. The molecule has 0 spiro atoms. The standard InChI is InChI=1S/C29H32Cl2N2O2S/c1-20(2)17-32-29(35)27(16-22-8-5-4-6-9-22)33(18-24-25(30)10-7-11-26(24)31)28(34)19-36-23-14-12-21(3)13-15-23/h4-15,20,27H,16-19H2,1-3H3,(H,32,35). The maximum absolute atomic E-state index is 13.7. The van der Waals surface area contributed by atoms with Crippen LogP contribution in [-0.4, -0.2) is 35.1 Å². The van der Waals surface area contributed by atoms with E-state index in [1.165, 1.54) is 11.8 Å². The van der Waals surface area contributed by atoms with E-state index >= 15 is 0 Å². The SMILES string of the molecule is Cc1ccc(SCC(=O)N(Cc2c(Cl)cccc2Cl)C(Cc2ccccc2)C(=O)NCC(C)C)cc1. The zero-order chi connectivity index (χ0) is 26.1. The largest absolute Gasteiger partial charge is 0.354 e. The molecule has 0 aliphatic heterocycles. The van der Waals surface area contributed by atoms with Gasteiger partial charge >= 0.3 is 0 Å². The number of nitrogens with one attached hydrogen (secondary N) is 1. The Labute approximate surface area is 228 Å². The molecular weight excluding hydrogens is 511 g/mol. The Morgan fingerprint density at radius 2 is 1.56 bits per heavy atom. The molecule has 0 saturated heterocycles. The van der Waals surface area contributed by atoms with Crippen molar-refractivity contribution in [3.05, 3.63) is 99.5 Å². The van der Waals surface area contributed by atoms with Gasteiger partial charge in [-0.1, -0.05) is 91.1 Å². The number of halogens is 2. The Morgan fingerprint density at radius 3 is 2.17 bits per heavy atom. The van der Waals surface area contributed by atoms with Crippen molar-refractivity contribution >= 4 is 46.8 Å². The molecule has 0 aromatic heterocycles. The van der Waals surface area contributed by atoms with Gasteiger partial charge in [0.15, 0.2) is 0 Å². The Hall–Kier alpha value is -2.47. The lowest BCUT2D eigenvalue weighted by atomic mass is 10.0. The number of hydrogen-bond donors (Lipinski definition) is 1. The topological polar surface area (TPSA) is 49.4 Å². The van der Waals surface area contributed by atoms with Crippen molar-refractivity contribution < 1.29 is 9.59 Å². The fourth-order valence-corrected chi connectivity index (χ4v) is 4.99. The molecule has 0 aliphatic carbocycles. The second kappa shape index (κ2) is 13.7. The molecule has 4 nitrogen and oxygen atoms in total. The zero-order valence-corrected chi connectivity index (χ0v) is 23.2. The van der Waals surface area contributed by atoms with Gasteiger partial charge in [0.1, 0.15) is 6.04 Å². The Bertz CT molecular complexity index is 1130. The van der Waals surface area contributed by atoms with E-state index < -0.39 is 6.04 Å². The van der Waals surface area contributed by atoms with Crippen LogP contribution in [0.4, 0.5) is 0 Å². The molecule has 0 heterocycles. The first kappa shape index (κ1) is 28.1. The molecule has 1 atom stereocenters. The number of benzene rings is 3. The summed E-state index contributed by atoms with van der Waals surface area (Å²) in [7, 11) is 0. The monoisotopic (exact) mass is 542 g/mol. The molecule has 3 rings (SSSR count). The first-order valence-corrected chi connectivity index (χ1v) is 13.7. The third-order valence-electron chi connectivity index (χ3n) is 5.73. The van der Waals surface area contributed by atoms with Gasteiger partial charge in [0, 0.05) is 40.0 Å². The molecule has 190 valence electrons. The molecule has 0 saturated carbocycles. The molecule has 36 heavy (non-hydrogen) atoms. The number of amides is 2. The van der Waals surface area contributed by atoms with Crippen molar-refractivity contribution in [2.24, 2.45) is 5.92 Å². The van der Waals surface area contributed by atoms with Crippen molar-refractivity contribution in [2.75, 3.05) is 12.3 Å². The van der Waals surface area contributed by atoms with Gasteiger partial charge < -0.3 is 10.2 Å². The van der Waals surface area contributed by atoms with Gasteiger partial charge in [0.25, 0.3) is 0 Å². The Kier molecular flexibility index (Phi) is 10.7. The molecular formula is C29H32Cl2N2O2S. The summed E-state index contributed by atoms with van der Waals surface area (Å²) in [5.41, 5.74) is 2.76. The molecule has 0 aliphatic rings. The van der Waals surface area contributed by atoms with Crippen LogP contribution in [0.25, 0.3) is 0 Å². The smallest absolute Gasteiger partial charge is 0.243 e. The fraction of sp³-hybridized carbons (Fsp3) is 0.310. The van der Waals surface area contributed by atoms with Crippen LogP contribution in [0.2, 0.25) is 10.0 Å². The highest BCUT2D eigenvalue weighted by molar-refractivity contribution is 8.00. The second-order valence-corrected chi connectivity index (χ2v) is 11.0. The number of aryl methyl sites for hydroxylation is 1. The minimum atomic E-state index is -0.718. The van der Waals surface area contributed by atoms with E-state index in [0.29, 0.717) is 28.6 Å². The number of thioether (sulfide) groups is 1. The van der Waals surface area contributed by atoms with E-state index in [1.54, 1.807) is 23.1 Å². The predicted octanol–water partition coefficient (Wildman–Crippen LogP) is 6.81. The highest BCUT2D eigenvalue weighted by atomic mass is 35.5. The van der Waals surface area contributed by atoms with E-state index in [0.717, 1.165) is 16.0 Å². The maximum Gasteiger partial charge on any atom is 0.243 e. The third kappa shape index (κ3) is 8.29. The summed E-state index contributed by atoms with van der Waals surface area (Å²) in [6.45, 7) is 6.77. The van der Waals surface area contributed by atoms with Gasteiger partial charge in [0.05, 0.1) is 5.75 Å². The lowest BCUT2D eigenvalue weighted by Crippen LogP contribution is -2.51. The summed E-state index contributed by atoms with van der Waals surface area (Å²) in [6.07, 6.45) is 0.383. The third-order valence-corrected chi connectivity index (χ3v) is 7.43. The highest BCUT2D eigenvalue weighted by Crippen LogP contribution is 2.28. The summed E-state index contributed by atoms with van der Waals surface area (Å²) >= 11 is 14.4. The van der Waals surface area contributed by atoms with Crippen LogP contribution in [0.3, 0.4) is 0 Å².